The first-order valence-electron chi connectivity index (χ1n) is 11.1. The van der Waals surface area contributed by atoms with Crippen molar-refractivity contribution in [3.63, 3.8) is 0 Å². The minimum Gasteiger partial charge on any atom is -0.466 e. The van der Waals surface area contributed by atoms with E-state index in [-0.39, 0.29) is 24.6 Å². The summed E-state index contributed by atoms with van der Waals surface area (Å²) in [5.41, 5.74) is 0.697. The van der Waals surface area contributed by atoms with Gasteiger partial charge in [0.25, 0.3) is 0 Å². The van der Waals surface area contributed by atoms with E-state index in [4.69, 9.17) is 4.74 Å². The quantitative estimate of drug-likeness (QED) is 0.544. The van der Waals surface area contributed by atoms with Gasteiger partial charge in [-0.25, -0.2) is 0 Å². The number of esters is 1. The van der Waals surface area contributed by atoms with Crippen molar-refractivity contribution in [3.8, 4) is 0 Å². The van der Waals surface area contributed by atoms with Crippen LogP contribution >= 0.6 is 0 Å². The number of benzene rings is 1. The fourth-order valence-electron chi connectivity index (χ4n) is 4.59. The van der Waals surface area contributed by atoms with Gasteiger partial charge in [0.15, 0.2) is 0 Å². The highest BCUT2D eigenvalue weighted by molar-refractivity contribution is 5.77. The summed E-state index contributed by atoms with van der Waals surface area (Å²) in [6.07, 6.45) is -0.915. The molecule has 1 saturated heterocycles. The van der Waals surface area contributed by atoms with Gasteiger partial charge in [-0.2, -0.15) is 13.2 Å². The summed E-state index contributed by atoms with van der Waals surface area (Å²) in [7, 11) is 0. The number of ether oxygens (including phenoxy) is 1. The van der Waals surface area contributed by atoms with E-state index in [1.807, 2.05) is 13.0 Å². The number of aryl methyl sites for hydroxylation is 1. The van der Waals surface area contributed by atoms with Crippen molar-refractivity contribution >= 4 is 5.97 Å². The van der Waals surface area contributed by atoms with Crippen molar-refractivity contribution < 1.29 is 22.7 Å². The molecule has 1 fully saturated rings. The van der Waals surface area contributed by atoms with Crippen molar-refractivity contribution in [1.82, 2.24) is 9.88 Å². The third kappa shape index (κ3) is 5.68. The Morgan fingerprint density at radius 3 is 2.53 bits per heavy atom. The normalized spacial score (nSPS) is 17.7. The number of piperidine rings is 1. The van der Waals surface area contributed by atoms with E-state index in [9.17, 15) is 18.0 Å². The number of nitrogens with zero attached hydrogens (tertiary/aromatic N) is 2. The number of hydrogen-bond acceptors (Lipinski definition) is 4. The molecule has 2 heterocycles. The second-order valence-electron chi connectivity index (χ2n) is 8.75. The molecular formula is C25H31F3N2O2. The molecule has 4 nitrogen and oxygen atoms in total. The van der Waals surface area contributed by atoms with Gasteiger partial charge >= 0.3 is 12.1 Å². The van der Waals surface area contributed by atoms with E-state index in [2.05, 4.69) is 22.9 Å². The molecular weight excluding hydrogens is 417 g/mol. The lowest BCUT2D eigenvalue weighted by molar-refractivity contribution is -0.159. The molecule has 0 spiro atoms. The van der Waals surface area contributed by atoms with Gasteiger partial charge in [0.1, 0.15) is 0 Å². The number of alkyl halides is 3. The van der Waals surface area contributed by atoms with Crippen LogP contribution in [0.15, 0.2) is 42.6 Å². The molecule has 0 saturated carbocycles. The summed E-state index contributed by atoms with van der Waals surface area (Å²) in [5.74, 6) is -0.398. The lowest BCUT2D eigenvalue weighted by atomic mass is 9.72. The molecule has 1 aromatic carbocycles. The molecule has 0 N–H and O–H groups in total. The van der Waals surface area contributed by atoms with Gasteiger partial charge in [0.2, 0.25) is 0 Å². The Morgan fingerprint density at radius 2 is 1.91 bits per heavy atom. The lowest BCUT2D eigenvalue weighted by Gasteiger charge is -2.42. The highest BCUT2D eigenvalue weighted by atomic mass is 19.4. The molecule has 0 radical (unpaired) electrons. The summed E-state index contributed by atoms with van der Waals surface area (Å²) >= 11 is 0. The minimum atomic E-state index is -4.46. The number of pyridine rings is 1. The Bertz CT molecular complexity index is 921. The highest BCUT2D eigenvalue weighted by Crippen LogP contribution is 2.41. The Kier molecular flexibility index (Phi) is 7.59. The van der Waals surface area contributed by atoms with E-state index in [1.165, 1.54) is 12.1 Å². The van der Waals surface area contributed by atoms with E-state index < -0.39 is 23.1 Å². The first kappa shape index (κ1) is 24.2. The van der Waals surface area contributed by atoms with Gasteiger partial charge in [-0.15, -0.1) is 0 Å². The van der Waals surface area contributed by atoms with Gasteiger partial charge in [-0.05, 0) is 82.4 Å². The maximum absolute atomic E-state index is 13.5. The predicted molar refractivity (Wildman–Crippen MR) is 117 cm³/mol. The van der Waals surface area contributed by atoms with Gasteiger partial charge in [-0.1, -0.05) is 18.2 Å². The van der Waals surface area contributed by atoms with Crippen molar-refractivity contribution in [2.45, 2.75) is 58.7 Å². The van der Waals surface area contributed by atoms with Gasteiger partial charge in [0, 0.05) is 24.4 Å². The fraction of sp³-hybridized carbons (Fsp3) is 0.520. The van der Waals surface area contributed by atoms with E-state index >= 15 is 0 Å². The van der Waals surface area contributed by atoms with Crippen LogP contribution in [0.2, 0.25) is 0 Å². The summed E-state index contributed by atoms with van der Waals surface area (Å²) in [5, 5.41) is 0. The van der Waals surface area contributed by atoms with Crippen LogP contribution in [0.5, 0.6) is 0 Å². The summed E-state index contributed by atoms with van der Waals surface area (Å²) < 4.78 is 46.0. The average molecular weight is 449 g/mol. The topological polar surface area (TPSA) is 42.4 Å². The fourth-order valence-corrected chi connectivity index (χ4v) is 4.59. The van der Waals surface area contributed by atoms with Crippen molar-refractivity contribution in [2.24, 2.45) is 5.41 Å². The third-order valence-corrected chi connectivity index (χ3v) is 6.42. The zero-order valence-electron chi connectivity index (χ0n) is 18.9. The Labute approximate surface area is 187 Å². The molecule has 1 atom stereocenters. The number of aromatic nitrogens is 1. The number of carbonyl (C=O) groups excluding carboxylic acids is 1. The largest absolute Gasteiger partial charge is 0.466 e. The molecule has 3 rings (SSSR count). The molecule has 0 amide bonds. The molecule has 174 valence electrons. The zero-order chi connectivity index (χ0) is 23.4. The molecule has 1 aromatic heterocycles. The molecule has 2 aromatic rings. The smallest absolute Gasteiger partial charge is 0.416 e. The number of carbonyl (C=O) groups is 1. The molecule has 1 unspecified atom stereocenters. The number of halogens is 3. The van der Waals surface area contributed by atoms with Crippen molar-refractivity contribution in [3.05, 3.63) is 65.0 Å². The standard InChI is InChI=1S/C25H31F3N2O2/c1-4-32-23(31)24(17-20-7-5-6-8-22(20)25(26,27)28)10-13-30(14-11-24)19(3)16-21-15-18(2)9-12-29-21/h5-9,12,15,19H,4,10-11,13-14,16-17H2,1-3H3. The Morgan fingerprint density at radius 1 is 1.22 bits per heavy atom. The lowest BCUT2D eigenvalue weighted by Crippen LogP contribution is -2.49. The van der Waals surface area contributed by atoms with Crippen LogP contribution in [0.1, 0.15) is 49.1 Å². The predicted octanol–water partition coefficient (Wildman–Crippen LogP) is 5.23. The van der Waals surface area contributed by atoms with E-state index in [1.54, 1.807) is 19.2 Å². The van der Waals surface area contributed by atoms with Crippen LogP contribution in [0.4, 0.5) is 13.2 Å². The molecule has 32 heavy (non-hydrogen) atoms. The van der Waals surface area contributed by atoms with Crippen LogP contribution in [0, 0.1) is 12.3 Å². The second kappa shape index (κ2) is 10.0. The zero-order valence-corrected chi connectivity index (χ0v) is 18.9. The molecule has 1 aliphatic rings. The summed E-state index contributed by atoms with van der Waals surface area (Å²) in [4.78, 5) is 19.7. The van der Waals surface area contributed by atoms with Gasteiger partial charge in [0.05, 0.1) is 17.6 Å². The molecule has 0 aliphatic carbocycles. The number of likely N-dealkylation sites (tertiary alicyclic amines) is 1. The monoisotopic (exact) mass is 448 g/mol. The average Bonchev–Trinajstić information content (AvgIpc) is 2.74. The minimum absolute atomic E-state index is 0.0309. The van der Waals surface area contributed by atoms with Crippen molar-refractivity contribution in [1.29, 1.82) is 0 Å². The van der Waals surface area contributed by atoms with Gasteiger partial charge < -0.3 is 9.64 Å². The van der Waals surface area contributed by atoms with Crippen molar-refractivity contribution in [2.75, 3.05) is 19.7 Å². The van der Waals surface area contributed by atoms with E-state index in [0.29, 0.717) is 25.9 Å². The Hall–Kier alpha value is -2.41. The number of hydrogen-bond donors (Lipinski definition) is 0. The SMILES string of the molecule is CCOC(=O)C1(Cc2ccccc2C(F)(F)F)CCN(C(C)Cc2cc(C)ccn2)CC1. The van der Waals surface area contributed by atoms with E-state index in [0.717, 1.165) is 23.7 Å². The third-order valence-electron chi connectivity index (χ3n) is 6.42. The first-order valence-corrected chi connectivity index (χ1v) is 11.1. The molecule has 0 bridgehead atoms. The van der Waals surface area contributed by atoms with Crippen LogP contribution in [0.25, 0.3) is 0 Å². The second-order valence-corrected chi connectivity index (χ2v) is 8.75. The summed E-state index contributed by atoms with van der Waals surface area (Å²) in [6.45, 7) is 7.34. The maximum Gasteiger partial charge on any atom is 0.416 e. The number of rotatable bonds is 7. The highest BCUT2D eigenvalue weighted by Gasteiger charge is 2.45. The molecule has 7 heteroatoms. The summed E-state index contributed by atoms with van der Waals surface area (Å²) in [6, 6.07) is 9.77. The maximum atomic E-state index is 13.5. The van der Waals surface area contributed by atoms with Crippen LogP contribution in [0.3, 0.4) is 0 Å². The van der Waals surface area contributed by atoms with Crippen LogP contribution in [-0.4, -0.2) is 41.6 Å². The first-order chi connectivity index (χ1) is 15.1. The van der Waals surface area contributed by atoms with Crippen LogP contribution < -0.4 is 0 Å². The Balaban J connectivity index is 1.76. The van der Waals surface area contributed by atoms with Gasteiger partial charge in [-0.3, -0.25) is 9.78 Å². The molecule has 1 aliphatic heterocycles. The van der Waals surface area contributed by atoms with Crippen LogP contribution in [-0.2, 0) is 28.5 Å².